The molecule has 5 nitrogen and oxygen atoms in total. The van der Waals surface area contributed by atoms with Crippen LogP contribution in [0.2, 0.25) is 0 Å². The fraction of sp³-hybridized carbons (Fsp3) is 0.308. The fourth-order valence-electron chi connectivity index (χ4n) is 1.65. The summed E-state index contributed by atoms with van der Waals surface area (Å²) in [6, 6.07) is 4.63. The lowest BCUT2D eigenvalue weighted by Crippen LogP contribution is -2.23. The molecule has 0 radical (unpaired) electrons. The molecule has 0 unspecified atom stereocenters. The van der Waals surface area contributed by atoms with E-state index in [1.54, 1.807) is 12.3 Å². The van der Waals surface area contributed by atoms with Crippen molar-refractivity contribution in [2.45, 2.75) is 24.8 Å². The highest BCUT2D eigenvalue weighted by Gasteiger charge is 2.16. The Morgan fingerprint density at radius 1 is 1.43 bits per heavy atom. The summed E-state index contributed by atoms with van der Waals surface area (Å²) < 4.78 is 32.7. The smallest absolute Gasteiger partial charge is 0.240 e. The number of rotatable bonds is 6. The summed E-state index contributed by atoms with van der Waals surface area (Å²) >= 11 is 4.79. The number of aromatic nitrogens is 1. The van der Waals surface area contributed by atoms with E-state index < -0.39 is 10.0 Å². The van der Waals surface area contributed by atoms with Gasteiger partial charge in [0.2, 0.25) is 10.0 Å². The van der Waals surface area contributed by atoms with Crippen LogP contribution in [0.5, 0.6) is 5.75 Å². The molecule has 0 aliphatic rings. The largest absolute Gasteiger partial charge is 0.496 e. The number of nitrogens with one attached hydrogen (secondary N) is 1. The second kappa shape index (κ2) is 6.87. The van der Waals surface area contributed by atoms with Gasteiger partial charge in [0.1, 0.15) is 10.8 Å². The minimum atomic E-state index is -3.57. The Morgan fingerprint density at radius 3 is 2.76 bits per heavy atom. The molecule has 0 bridgehead atoms. The predicted molar refractivity (Wildman–Crippen MR) is 86.2 cm³/mol. The lowest BCUT2D eigenvalue weighted by Gasteiger charge is -2.08. The number of sulfonamides is 1. The molecule has 2 aromatic rings. The maximum Gasteiger partial charge on any atom is 0.240 e. The zero-order valence-electron chi connectivity index (χ0n) is 11.6. The van der Waals surface area contributed by atoms with Gasteiger partial charge in [-0.05, 0) is 40.5 Å². The van der Waals surface area contributed by atoms with Gasteiger partial charge in [0.25, 0.3) is 0 Å². The number of thiazole rings is 1. The molecular formula is C13H15BrN2O3S2. The molecule has 0 atom stereocenters. The lowest BCUT2D eigenvalue weighted by molar-refractivity contribution is 0.411. The van der Waals surface area contributed by atoms with Crippen LogP contribution >= 0.6 is 27.3 Å². The van der Waals surface area contributed by atoms with E-state index in [0.717, 1.165) is 16.3 Å². The topological polar surface area (TPSA) is 68.3 Å². The van der Waals surface area contributed by atoms with E-state index in [4.69, 9.17) is 4.74 Å². The van der Waals surface area contributed by atoms with Crippen molar-refractivity contribution in [1.29, 1.82) is 0 Å². The average molecular weight is 391 g/mol. The van der Waals surface area contributed by atoms with Crippen molar-refractivity contribution in [3.8, 4) is 5.75 Å². The predicted octanol–water partition coefficient (Wildman–Crippen LogP) is 2.96. The number of hydrogen-bond donors (Lipinski definition) is 1. The molecule has 0 fully saturated rings. The van der Waals surface area contributed by atoms with Gasteiger partial charge in [-0.3, -0.25) is 0 Å². The van der Waals surface area contributed by atoms with E-state index in [1.165, 1.54) is 30.6 Å². The Kier molecular flexibility index (Phi) is 5.37. The fourth-order valence-corrected chi connectivity index (χ4v) is 4.25. The Balaban J connectivity index is 2.12. The van der Waals surface area contributed by atoms with Crippen LogP contribution in [0.4, 0.5) is 0 Å². The number of ether oxygens (including phenoxy) is 1. The molecule has 0 aliphatic carbocycles. The molecule has 0 spiro atoms. The first-order valence-corrected chi connectivity index (χ1v) is 9.32. The normalized spacial score (nSPS) is 11.6. The molecule has 1 aromatic heterocycles. The van der Waals surface area contributed by atoms with Crippen LogP contribution in [0.3, 0.4) is 0 Å². The van der Waals surface area contributed by atoms with Crippen LogP contribution in [0, 0.1) is 0 Å². The lowest BCUT2D eigenvalue weighted by atomic mass is 10.3. The highest BCUT2D eigenvalue weighted by molar-refractivity contribution is 9.10. The van der Waals surface area contributed by atoms with Gasteiger partial charge in [0.15, 0.2) is 0 Å². The third-order valence-corrected chi connectivity index (χ3v) is 5.96. The van der Waals surface area contributed by atoms with Crippen LogP contribution in [-0.2, 0) is 23.0 Å². The molecule has 8 heteroatoms. The summed E-state index contributed by atoms with van der Waals surface area (Å²) in [5.74, 6) is 0.585. The van der Waals surface area contributed by atoms with Crippen molar-refractivity contribution in [1.82, 2.24) is 9.71 Å². The van der Waals surface area contributed by atoms with Gasteiger partial charge in [-0.15, -0.1) is 11.3 Å². The van der Waals surface area contributed by atoms with Crippen LogP contribution in [0.25, 0.3) is 0 Å². The number of methoxy groups -OCH3 is 1. The molecule has 1 N–H and O–H groups in total. The van der Waals surface area contributed by atoms with E-state index in [0.29, 0.717) is 10.2 Å². The van der Waals surface area contributed by atoms with Gasteiger partial charge >= 0.3 is 0 Å². The van der Waals surface area contributed by atoms with E-state index in [1.807, 2.05) is 6.92 Å². The Hall–Kier alpha value is -0.960. The molecular weight excluding hydrogens is 376 g/mol. The van der Waals surface area contributed by atoms with Crippen LogP contribution in [0.1, 0.15) is 16.8 Å². The average Bonchev–Trinajstić information content (AvgIpc) is 2.93. The van der Waals surface area contributed by atoms with E-state index in [-0.39, 0.29) is 11.4 Å². The van der Waals surface area contributed by atoms with Crippen LogP contribution < -0.4 is 9.46 Å². The molecule has 1 heterocycles. The van der Waals surface area contributed by atoms with Gasteiger partial charge in [0.05, 0.1) is 23.0 Å². The van der Waals surface area contributed by atoms with Crippen molar-refractivity contribution in [3.63, 3.8) is 0 Å². The van der Waals surface area contributed by atoms with Gasteiger partial charge in [0, 0.05) is 11.1 Å². The zero-order valence-corrected chi connectivity index (χ0v) is 14.8. The highest BCUT2D eigenvalue weighted by atomic mass is 79.9. The second-order valence-electron chi connectivity index (χ2n) is 4.19. The van der Waals surface area contributed by atoms with E-state index >= 15 is 0 Å². The Morgan fingerprint density at radius 2 is 2.19 bits per heavy atom. The molecule has 1 aromatic carbocycles. The monoisotopic (exact) mass is 390 g/mol. The van der Waals surface area contributed by atoms with Crippen molar-refractivity contribution >= 4 is 37.3 Å². The first kappa shape index (κ1) is 16.4. The highest BCUT2D eigenvalue weighted by Crippen LogP contribution is 2.27. The van der Waals surface area contributed by atoms with Gasteiger partial charge in [-0.2, -0.15) is 0 Å². The number of halogens is 1. The van der Waals surface area contributed by atoms with E-state index in [9.17, 15) is 8.42 Å². The molecule has 21 heavy (non-hydrogen) atoms. The number of benzene rings is 1. The number of aryl methyl sites for hydroxylation is 1. The SMILES string of the molecule is CCc1cnc(CNS(=O)(=O)c2ccc(OC)c(Br)c2)s1. The molecule has 2 rings (SSSR count). The third-order valence-electron chi connectivity index (χ3n) is 2.80. The third kappa shape index (κ3) is 4.03. The molecule has 0 aliphatic heterocycles. The summed E-state index contributed by atoms with van der Waals surface area (Å²) in [6.07, 6.45) is 2.67. The van der Waals surface area contributed by atoms with E-state index in [2.05, 4.69) is 25.6 Å². The van der Waals surface area contributed by atoms with Crippen molar-refractivity contribution < 1.29 is 13.2 Å². The first-order chi connectivity index (χ1) is 9.96. The number of nitrogens with zero attached hydrogens (tertiary/aromatic N) is 1. The molecule has 0 amide bonds. The van der Waals surface area contributed by atoms with Crippen molar-refractivity contribution in [3.05, 3.63) is 38.8 Å². The molecule has 0 saturated heterocycles. The first-order valence-electron chi connectivity index (χ1n) is 6.23. The molecule has 114 valence electrons. The van der Waals surface area contributed by atoms with Crippen LogP contribution in [0.15, 0.2) is 33.8 Å². The Bertz CT molecular complexity index is 729. The summed E-state index contributed by atoms with van der Waals surface area (Å²) in [5.41, 5.74) is 0. The van der Waals surface area contributed by atoms with Gasteiger partial charge in [-0.1, -0.05) is 6.92 Å². The second-order valence-corrected chi connectivity index (χ2v) is 8.02. The quantitative estimate of drug-likeness (QED) is 0.822. The minimum absolute atomic E-state index is 0.183. The minimum Gasteiger partial charge on any atom is -0.496 e. The summed E-state index contributed by atoms with van der Waals surface area (Å²) in [7, 11) is -2.04. The summed E-state index contributed by atoms with van der Waals surface area (Å²) in [4.78, 5) is 5.51. The molecule has 0 saturated carbocycles. The Labute approximate surface area is 136 Å². The van der Waals surface area contributed by atoms with Gasteiger partial charge < -0.3 is 4.74 Å². The van der Waals surface area contributed by atoms with Crippen molar-refractivity contribution in [2.75, 3.05) is 7.11 Å². The maximum absolute atomic E-state index is 12.2. The standard InChI is InChI=1S/C13H15BrN2O3S2/c1-3-9-7-15-13(20-9)8-16-21(17,18)10-4-5-12(19-2)11(14)6-10/h4-7,16H,3,8H2,1-2H3. The van der Waals surface area contributed by atoms with Crippen molar-refractivity contribution in [2.24, 2.45) is 0 Å². The summed E-state index contributed by atoms with van der Waals surface area (Å²) in [6.45, 7) is 2.23. The maximum atomic E-state index is 12.2. The number of hydrogen-bond acceptors (Lipinski definition) is 5. The zero-order chi connectivity index (χ0) is 15.5. The van der Waals surface area contributed by atoms with Gasteiger partial charge in [-0.25, -0.2) is 18.1 Å². The summed E-state index contributed by atoms with van der Waals surface area (Å²) in [5, 5.41) is 0.753. The van der Waals surface area contributed by atoms with Crippen LogP contribution in [-0.4, -0.2) is 20.5 Å².